The molecule has 2 atom stereocenters. The van der Waals surface area contributed by atoms with Crippen molar-refractivity contribution >= 4 is 5.91 Å². The molecule has 0 radical (unpaired) electrons. The van der Waals surface area contributed by atoms with E-state index in [1.54, 1.807) is 0 Å². The van der Waals surface area contributed by atoms with Crippen molar-refractivity contribution < 1.29 is 4.79 Å². The van der Waals surface area contributed by atoms with E-state index in [4.69, 9.17) is 0 Å². The van der Waals surface area contributed by atoms with Gasteiger partial charge < -0.3 is 10.2 Å². The molecule has 1 fully saturated rings. The van der Waals surface area contributed by atoms with Crippen molar-refractivity contribution in [3.8, 4) is 0 Å². The largest absolute Gasteiger partial charge is 0.342 e. The van der Waals surface area contributed by atoms with Gasteiger partial charge in [-0.25, -0.2) is 0 Å². The maximum Gasteiger partial charge on any atom is 0.226 e. The normalized spacial score (nSPS) is 23.9. The third kappa shape index (κ3) is 4.12. The van der Waals surface area contributed by atoms with Gasteiger partial charge in [0.05, 0.1) is 0 Å². The van der Waals surface area contributed by atoms with Gasteiger partial charge in [-0.1, -0.05) is 20.8 Å². The molecular weight excluding hydrogens is 200 g/mol. The molecule has 3 heteroatoms. The molecule has 1 heterocycles. The summed E-state index contributed by atoms with van der Waals surface area (Å²) in [6, 6.07) is 0. The molecule has 0 spiro atoms. The zero-order chi connectivity index (χ0) is 12.0. The molecule has 1 N–H and O–H groups in total. The van der Waals surface area contributed by atoms with E-state index < -0.39 is 0 Å². The molecule has 3 nitrogen and oxygen atoms in total. The summed E-state index contributed by atoms with van der Waals surface area (Å²) in [5, 5.41) is 3.24. The van der Waals surface area contributed by atoms with E-state index >= 15 is 0 Å². The molecule has 0 aromatic carbocycles. The summed E-state index contributed by atoms with van der Waals surface area (Å²) in [6.07, 6.45) is 3.60. The second kappa shape index (κ2) is 6.89. The average Bonchev–Trinajstić information content (AvgIpc) is 2.50. The highest BCUT2D eigenvalue weighted by Crippen LogP contribution is 2.17. The zero-order valence-corrected chi connectivity index (χ0v) is 11.0. The Hall–Kier alpha value is -0.570. The van der Waals surface area contributed by atoms with E-state index in [1.165, 1.54) is 19.3 Å². The van der Waals surface area contributed by atoms with Crippen molar-refractivity contribution in [1.29, 1.82) is 0 Å². The second-order valence-electron chi connectivity index (χ2n) is 5.07. The van der Waals surface area contributed by atoms with Crippen LogP contribution in [0.3, 0.4) is 0 Å². The highest BCUT2D eigenvalue weighted by atomic mass is 16.2. The summed E-state index contributed by atoms with van der Waals surface area (Å²) >= 11 is 0. The van der Waals surface area contributed by atoms with Crippen molar-refractivity contribution in [3.05, 3.63) is 0 Å². The first-order chi connectivity index (χ1) is 7.65. The average molecular weight is 226 g/mol. The summed E-state index contributed by atoms with van der Waals surface area (Å²) in [5.41, 5.74) is 0. The lowest BCUT2D eigenvalue weighted by atomic mass is 10.0. The Morgan fingerprint density at radius 2 is 2.19 bits per heavy atom. The predicted octanol–water partition coefficient (Wildman–Crippen LogP) is 1.88. The highest BCUT2D eigenvalue weighted by Gasteiger charge is 2.22. The van der Waals surface area contributed by atoms with E-state index in [2.05, 4.69) is 24.1 Å². The first-order valence-corrected chi connectivity index (χ1v) is 6.64. The summed E-state index contributed by atoms with van der Waals surface area (Å²) in [7, 11) is 0. The minimum atomic E-state index is 0.119. The monoisotopic (exact) mass is 226 g/mol. The molecule has 0 aromatic heterocycles. The van der Waals surface area contributed by atoms with Gasteiger partial charge in [0.1, 0.15) is 0 Å². The summed E-state index contributed by atoms with van der Waals surface area (Å²) in [6.45, 7) is 10.0. The van der Waals surface area contributed by atoms with Crippen LogP contribution in [-0.4, -0.2) is 37.0 Å². The SMILES string of the molecule is CCNCC(C)C(=O)N1CCCC(C)CC1. The van der Waals surface area contributed by atoms with E-state index in [9.17, 15) is 4.79 Å². The Morgan fingerprint density at radius 3 is 2.88 bits per heavy atom. The van der Waals surface area contributed by atoms with Crippen LogP contribution in [0.2, 0.25) is 0 Å². The lowest BCUT2D eigenvalue weighted by Crippen LogP contribution is -2.39. The van der Waals surface area contributed by atoms with Crippen LogP contribution in [-0.2, 0) is 4.79 Å². The Labute approximate surface area is 99.6 Å². The molecule has 1 aliphatic heterocycles. The number of amides is 1. The maximum absolute atomic E-state index is 12.1. The Morgan fingerprint density at radius 1 is 1.44 bits per heavy atom. The van der Waals surface area contributed by atoms with E-state index in [0.29, 0.717) is 5.91 Å². The van der Waals surface area contributed by atoms with Crippen molar-refractivity contribution in [2.45, 2.75) is 40.0 Å². The second-order valence-corrected chi connectivity index (χ2v) is 5.07. The Bertz CT molecular complexity index is 218. The van der Waals surface area contributed by atoms with Gasteiger partial charge in [-0.05, 0) is 31.7 Å². The third-order valence-corrected chi connectivity index (χ3v) is 3.45. The van der Waals surface area contributed by atoms with Gasteiger partial charge in [0.25, 0.3) is 0 Å². The minimum Gasteiger partial charge on any atom is -0.342 e. The summed E-state index contributed by atoms with van der Waals surface area (Å²) < 4.78 is 0. The van der Waals surface area contributed by atoms with Crippen LogP contribution < -0.4 is 5.32 Å². The first kappa shape index (κ1) is 13.5. The molecule has 2 unspecified atom stereocenters. The number of carbonyl (C=O) groups excluding carboxylic acids is 1. The molecule has 0 aliphatic carbocycles. The number of nitrogens with zero attached hydrogens (tertiary/aromatic N) is 1. The minimum absolute atomic E-state index is 0.119. The van der Waals surface area contributed by atoms with Crippen LogP contribution >= 0.6 is 0 Å². The third-order valence-electron chi connectivity index (χ3n) is 3.45. The van der Waals surface area contributed by atoms with E-state index in [-0.39, 0.29) is 5.92 Å². The van der Waals surface area contributed by atoms with Gasteiger partial charge in [0.2, 0.25) is 5.91 Å². The molecule has 1 amide bonds. The highest BCUT2D eigenvalue weighted by molar-refractivity contribution is 5.78. The van der Waals surface area contributed by atoms with Crippen LogP contribution in [0.4, 0.5) is 0 Å². The molecule has 0 bridgehead atoms. The van der Waals surface area contributed by atoms with Gasteiger partial charge in [0.15, 0.2) is 0 Å². The summed E-state index contributed by atoms with van der Waals surface area (Å²) in [4.78, 5) is 14.2. The number of carbonyl (C=O) groups is 1. The molecule has 94 valence electrons. The van der Waals surface area contributed by atoms with Crippen LogP contribution in [0.5, 0.6) is 0 Å². The zero-order valence-electron chi connectivity index (χ0n) is 11.0. The number of likely N-dealkylation sites (tertiary alicyclic amines) is 1. The van der Waals surface area contributed by atoms with Gasteiger partial charge in [0, 0.05) is 25.6 Å². The van der Waals surface area contributed by atoms with Crippen LogP contribution in [0, 0.1) is 11.8 Å². The fourth-order valence-electron chi connectivity index (χ4n) is 2.24. The van der Waals surface area contributed by atoms with Gasteiger partial charge in [-0.15, -0.1) is 0 Å². The Balaban J connectivity index is 2.39. The molecule has 1 rings (SSSR count). The van der Waals surface area contributed by atoms with Gasteiger partial charge in [-0.3, -0.25) is 4.79 Å². The quantitative estimate of drug-likeness (QED) is 0.794. The van der Waals surface area contributed by atoms with Crippen molar-refractivity contribution in [2.75, 3.05) is 26.2 Å². The molecule has 0 saturated carbocycles. The predicted molar refractivity (Wildman–Crippen MR) is 67.3 cm³/mol. The fourth-order valence-corrected chi connectivity index (χ4v) is 2.24. The molecule has 1 aliphatic rings. The Kier molecular flexibility index (Phi) is 5.81. The standard InChI is InChI=1S/C13H26N2O/c1-4-14-10-12(3)13(16)15-8-5-6-11(2)7-9-15/h11-12,14H,4-10H2,1-3H3. The first-order valence-electron chi connectivity index (χ1n) is 6.64. The van der Waals surface area contributed by atoms with Crippen LogP contribution in [0.1, 0.15) is 40.0 Å². The van der Waals surface area contributed by atoms with Crippen LogP contribution in [0.25, 0.3) is 0 Å². The molecular formula is C13H26N2O. The molecule has 0 aromatic rings. The van der Waals surface area contributed by atoms with Crippen molar-refractivity contribution in [3.63, 3.8) is 0 Å². The number of nitrogens with one attached hydrogen (secondary N) is 1. The molecule has 16 heavy (non-hydrogen) atoms. The lowest BCUT2D eigenvalue weighted by molar-refractivity contribution is -0.134. The summed E-state index contributed by atoms with van der Waals surface area (Å²) in [5.74, 6) is 1.23. The smallest absolute Gasteiger partial charge is 0.226 e. The van der Waals surface area contributed by atoms with Gasteiger partial charge in [-0.2, -0.15) is 0 Å². The number of rotatable bonds is 4. The fraction of sp³-hybridized carbons (Fsp3) is 0.923. The van der Waals surface area contributed by atoms with Crippen molar-refractivity contribution in [1.82, 2.24) is 10.2 Å². The topological polar surface area (TPSA) is 32.3 Å². The van der Waals surface area contributed by atoms with Crippen molar-refractivity contribution in [2.24, 2.45) is 11.8 Å². The maximum atomic E-state index is 12.1. The van der Waals surface area contributed by atoms with E-state index in [0.717, 1.165) is 32.1 Å². The van der Waals surface area contributed by atoms with Crippen LogP contribution in [0.15, 0.2) is 0 Å². The van der Waals surface area contributed by atoms with E-state index in [1.807, 2.05) is 6.92 Å². The lowest BCUT2D eigenvalue weighted by Gasteiger charge is -2.24. The molecule has 1 saturated heterocycles. The number of hydrogen-bond acceptors (Lipinski definition) is 2. The van der Waals surface area contributed by atoms with Gasteiger partial charge >= 0.3 is 0 Å². The number of hydrogen-bond donors (Lipinski definition) is 1.